The van der Waals surface area contributed by atoms with Gasteiger partial charge in [0.15, 0.2) is 0 Å². The molecule has 1 heterocycles. The summed E-state index contributed by atoms with van der Waals surface area (Å²) < 4.78 is 0. The lowest BCUT2D eigenvalue weighted by Crippen LogP contribution is -2.27. The molecule has 0 bridgehead atoms. The minimum Gasteiger partial charge on any atom is -0.386 e. The van der Waals surface area contributed by atoms with Gasteiger partial charge in [0.25, 0.3) is 0 Å². The second kappa shape index (κ2) is 5.64. The first-order chi connectivity index (χ1) is 7.06. The molecular weight excluding hydrogens is 206 g/mol. The Kier molecular flexibility index (Phi) is 4.77. The van der Waals surface area contributed by atoms with Crippen molar-refractivity contribution in [1.29, 1.82) is 0 Å². The van der Waals surface area contributed by atoms with Crippen molar-refractivity contribution >= 4 is 11.3 Å². The summed E-state index contributed by atoms with van der Waals surface area (Å²) in [6.45, 7) is 9.08. The Balaban J connectivity index is 2.68. The summed E-state index contributed by atoms with van der Waals surface area (Å²) in [5.41, 5.74) is 2.62. The van der Waals surface area contributed by atoms with E-state index in [9.17, 15) is 5.11 Å². The molecule has 15 heavy (non-hydrogen) atoms. The van der Waals surface area contributed by atoms with Crippen LogP contribution in [0.4, 0.5) is 0 Å². The largest absolute Gasteiger partial charge is 0.386 e. The zero-order valence-corrected chi connectivity index (χ0v) is 10.8. The maximum Gasteiger partial charge on any atom is 0.101 e. The van der Waals surface area contributed by atoms with Crippen molar-refractivity contribution in [3.63, 3.8) is 0 Å². The van der Waals surface area contributed by atoms with Crippen LogP contribution in [0, 0.1) is 6.92 Å². The lowest BCUT2D eigenvalue weighted by molar-refractivity contribution is 0.174. The molecule has 2 N–H and O–H groups in total. The van der Waals surface area contributed by atoms with Crippen LogP contribution in [0.5, 0.6) is 0 Å². The minimum atomic E-state index is -0.360. The van der Waals surface area contributed by atoms with Crippen LogP contribution >= 0.6 is 11.3 Å². The van der Waals surface area contributed by atoms with Gasteiger partial charge in [0.2, 0.25) is 0 Å². The first-order valence-corrected chi connectivity index (χ1v) is 6.42. The molecule has 1 atom stereocenters. The van der Waals surface area contributed by atoms with Crippen LogP contribution in [-0.4, -0.2) is 17.7 Å². The van der Waals surface area contributed by atoms with Crippen LogP contribution in [0.25, 0.3) is 0 Å². The fourth-order valence-corrected chi connectivity index (χ4v) is 2.80. The van der Waals surface area contributed by atoms with Crippen LogP contribution < -0.4 is 5.32 Å². The quantitative estimate of drug-likeness (QED) is 0.810. The van der Waals surface area contributed by atoms with E-state index in [0.29, 0.717) is 12.6 Å². The monoisotopic (exact) mass is 227 g/mol. The van der Waals surface area contributed by atoms with Gasteiger partial charge in [0, 0.05) is 17.5 Å². The van der Waals surface area contributed by atoms with Gasteiger partial charge in [-0.1, -0.05) is 20.8 Å². The standard InChI is InChI=1S/C12H21NOS/c1-5-10-9(4)7-15-12(10)11(14)6-13-8(2)3/h7-8,11,13-14H,5-6H2,1-4H3. The molecule has 0 aliphatic heterocycles. The highest BCUT2D eigenvalue weighted by Gasteiger charge is 2.15. The molecule has 1 aromatic rings. The molecule has 0 saturated carbocycles. The van der Waals surface area contributed by atoms with Crippen LogP contribution in [-0.2, 0) is 6.42 Å². The molecule has 0 aliphatic carbocycles. The molecule has 0 spiro atoms. The fourth-order valence-electron chi connectivity index (χ4n) is 1.66. The van der Waals surface area contributed by atoms with Gasteiger partial charge in [0.05, 0.1) is 0 Å². The molecule has 2 nitrogen and oxygen atoms in total. The van der Waals surface area contributed by atoms with Gasteiger partial charge in [-0.2, -0.15) is 0 Å². The van der Waals surface area contributed by atoms with Crippen molar-refractivity contribution in [3.05, 3.63) is 21.4 Å². The average molecular weight is 227 g/mol. The minimum absolute atomic E-state index is 0.360. The van der Waals surface area contributed by atoms with Gasteiger partial charge >= 0.3 is 0 Å². The van der Waals surface area contributed by atoms with Crippen molar-refractivity contribution in [2.24, 2.45) is 0 Å². The van der Waals surface area contributed by atoms with Gasteiger partial charge in [-0.15, -0.1) is 11.3 Å². The first-order valence-electron chi connectivity index (χ1n) is 5.54. The maximum atomic E-state index is 10.0. The summed E-state index contributed by atoms with van der Waals surface area (Å²) in [5.74, 6) is 0. The van der Waals surface area contributed by atoms with E-state index < -0.39 is 0 Å². The Morgan fingerprint density at radius 2 is 2.13 bits per heavy atom. The van der Waals surface area contributed by atoms with Gasteiger partial charge in [-0.3, -0.25) is 0 Å². The smallest absolute Gasteiger partial charge is 0.101 e. The number of aryl methyl sites for hydroxylation is 1. The number of rotatable bonds is 5. The predicted molar refractivity (Wildman–Crippen MR) is 66.5 cm³/mol. The van der Waals surface area contributed by atoms with Crippen LogP contribution in [0.1, 0.15) is 42.9 Å². The molecule has 0 aliphatic rings. The summed E-state index contributed by atoms with van der Waals surface area (Å²) in [6.07, 6.45) is 0.643. The highest BCUT2D eigenvalue weighted by molar-refractivity contribution is 7.10. The lowest BCUT2D eigenvalue weighted by atomic mass is 10.1. The number of aliphatic hydroxyl groups excluding tert-OH is 1. The molecule has 0 aromatic carbocycles. The maximum absolute atomic E-state index is 10.0. The Morgan fingerprint density at radius 3 is 2.67 bits per heavy atom. The molecule has 1 aromatic heterocycles. The highest BCUT2D eigenvalue weighted by Crippen LogP contribution is 2.28. The number of thiophene rings is 1. The van der Waals surface area contributed by atoms with Gasteiger partial charge < -0.3 is 10.4 Å². The summed E-state index contributed by atoms with van der Waals surface area (Å²) in [7, 11) is 0. The van der Waals surface area contributed by atoms with E-state index >= 15 is 0 Å². The molecule has 0 fully saturated rings. The van der Waals surface area contributed by atoms with E-state index in [0.717, 1.165) is 11.3 Å². The second-order valence-electron chi connectivity index (χ2n) is 4.19. The summed E-state index contributed by atoms with van der Waals surface area (Å²) in [4.78, 5) is 1.13. The topological polar surface area (TPSA) is 32.3 Å². The molecular formula is C12H21NOS. The number of hydrogen-bond acceptors (Lipinski definition) is 3. The third kappa shape index (κ3) is 3.30. The van der Waals surface area contributed by atoms with E-state index in [-0.39, 0.29) is 6.10 Å². The third-order valence-corrected chi connectivity index (χ3v) is 3.76. The third-order valence-electron chi connectivity index (χ3n) is 2.51. The number of aliphatic hydroxyl groups is 1. The van der Waals surface area contributed by atoms with E-state index in [1.54, 1.807) is 11.3 Å². The van der Waals surface area contributed by atoms with Crippen molar-refractivity contribution in [2.45, 2.75) is 46.3 Å². The molecule has 0 saturated heterocycles. The van der Waals surface area contributed by atoms with Crippen molar-refractivity contribution in [1.82, 2.24) is 5.32 Å². The van der Waals surface area contributed by atoms with Crippen molar-refractivity contribution in [2.75, 3.05) is 6.54 Å². The number of hydrogen-bond donors (Lipinski definition) is 2. The predicted octanol–water partition coefficient (Wildman–Crippen LogP) is 2.65. The molecule has 1 unspecified atom stereocenters. The first kappa shape index (κ1) is 12.7. The summed E-state index contributed by atoms with van der Waals surface area (Å²) in [5, 5.41) is 15.4. The normalized spacial score (nSPS) is 13.5. The van der Waals surface area contributed by atoms with E-state index in [1.807, 2.05) is 0 Å². The second-order valence-corrected chi connectivity index (χ2v) is 5.11. The molecule has 86 valence electrons. The van der Waals surface area contributed by atoms with Crippen LogP contribution in [0.2, 0.25) is 0 Å². The summed E-state index contributed by atoms with van der Waals surface area (Å²) >= 11 is 1.67. The van der Waals surface area contributed by atoms with Gasteiger partial charge in [0.1, 0.15) is 6.10 Å². The van der Waals surface area contributed by atoms with Crippen LogP contribution in [0.3, 0.4) is 0 Å². The molecule has 3 heteroatoms. The Morgan fingerprint density at radius 1 is 1.47 bits per heavy atom. The van der Waals surface area contributed by atoms with Crippen LogP contribution in [0.15, 0.2) is 5.38 Å². The Hall–Kier alpha value is -0.380. The van der Waals surface area contributed by atoms with E-state index in [1.165, 1.54) is 11.1 Å². The Bertz CT molecular complexity index is 307. The average Bonchev–Trinajstić information content (AvgIpc) is 2.55. The zero-order valence-electron chi connectivity index (χ0n) is 10.0. The van der Waals surface area contributed by atoms with Crippen molar-refractivity contribution < 1.29 is 5.11 Å². The van der Waals surface area contributed by atoms with Crippen molar-refractivity contribution in [3.8, 4) is 0 Å². The lowest BCUT2D eigenvalue weighted by Gasteiger charge is -2.14. The van der Waals surface area contributed by atoms with E-state index in [2.05, 4.69) is 38.4 Å². The highest BCUT2D eigenvalue weighted by atomic mass is 32.1. The molecule has 0 amide bonds. The number of nitrogens with one attached hydrogen (secondary N) is 1. The van der Waals surface area contributed by atoms with E-state index in [4.69, 9.17) is 0 Å². The zero-order chi connectivity index (χ0) is 11.4. The Labute approximate surface area is 96.3 Å². The molecule has 1 rings (SSSR count). The SMILES string of the molecule is CCc1c(C)csc1C(O)CNC(C)C. The summed E-state index contributed by atoms with van der Waals surface area (Å²) in [6, 6.07) is 0.422. The van der Waals surface area contributed by atoms with Gasteiger partial charge in [-0.25, -0.2) is 0 Å². The molecule has 0 radical (unpaired) electrons. The van der Waals surface area contributed by atoms with Gasteiger partial charge in [-0.05, 0) is 29.9 Å². The fraction of sp³-hybridized carbons (Fsp3) is 0.667.